The van der Waals surface area contributed by atoms with Crippen LogP contribution in [0.5, 0.6) is 0 Å². The van der Waals surface area contributed by atoms with Crippen LogP contribution in [0.25, 0.3) is 0 Å². The zero-order chi connectivity index (χ0) is 13.0. The summed E-state index contributed by atoms with van der Waals surface area (Å²) in [6, 6.07) is 6.73. The minimum absolute atomic E-state index is 0.229. The Kier molecular flexibility index (Phi) is 3.54. The van der Waals surface area contributed by atoms with E-state index in [1.54, 1.807) is 24.3 Å². The molecule has 2 rings (SSSR count). The van der Waals surface area contributed by atoms with Crippen LogP contribution in [0.1, 0.15) is 29.1 Å². The van der Waals surface area contributed by atoms with Crippen LogP contribution in [0.4, 0.5) is 5.69 Å². The first-order chi connectivity index (χ1) is 8.72. The molecule has 0 radical (unpaired) electrons. The van der Waals surface area contributed by atoms with Gasteiger partial charge in [0.1, 0.15) is 12.2 Å². The molecule has 18 heavy (non-hydrogen) atoms. The Morgan fingerprint density at radius 2 is 2.22 bits per heavy atom. The average molecular weight is 246 g/mol. The van der Waals surface area contributed by atoms with E-state index in [9.17, 15) is 4.79 Å². The van der Waals surface area contributed by atoms with Crippen LogP contribution in [0.15, 0.2) is 30.6 Å². The maximum atomic E-state index is 12.1. The Hall–Kier alpha value is -2.41. The first kappa shape index (κ1) is 12.1. The third-order valence-electron chi connectivity index (χ3n) is 2.52. The number of aromatic nitrogens is 3. The number of nitrogens with zero attached hydrogens (tertiary/aromatic N) is 2. The molecular formula is C11H14N6O. The van der Waals surface area contributed by atoms with Gasteiger partial charge in [0, 0.05) is 0 Å². The molecule has 0 fully saturated rings. The van der Waals surface area contributed by atoms with E-state index in [0.717, 1.165) is 0 Å². The van der Waals surface area contributed by atoms with Gasteiger partial charge in [0.2, 0.25) is 0 Å². The van der Waals surface area contributed by atoms with Crippen molar-refractivity contribution in [3.63, 3.8) is 0 Å². The van der Waals surface area contributed by atoms with Crippen molar-refractivity contribution in [3.8, 4) is 0 Å². The van der Waals surface area contributed by atoms with E-state index in [4.69, 9.17) is 5.84 Å². The van der Waals surface area contributed by atoms with E-state index in [1.165, 1.54) is 6.33 Å². The maximum absolute atomic E-state index is 12.1. The second-order valence-corrected chi connectivity index (χ2v) is 3.76. The zero-order valence-corrected chi connectivity index (χ0v) is 9.84. The van der Waals surface area contributed by atoms with Crippen LogP contribution >= 0.6 is 0 Å². The topological polar surface area (TPSA) is 109 Å². The van der Waals surface area contributed by atoms with E-state index >= 15 is 0 Å². The second kappa shape index (κ2) is 5.28. The molecular weight excluding hydrogens is 232 g/mol. The molecule has 94 valence electrons. The Morgan fingerprint density at radius 3 is 2.89 bits per heavy atom. The monoisotopic (exact) mass is 246 g/mol. The summed E-state index contributed by atoms with van der Waals surface area (Å²) < 4.78 is 0. The van der Waals surface area contributed by atoms with Gasteiger partial charge < -0.3 is 10.7 Å². The van der Waals surface area contributed by atoms with Gasteiger partial charge >= 0.3 is 0 Å². The van der Waals surface area contributed by atoms with Gasteiger partial charge in [-0.2, -0.15) is 5.10 Å². The number of rotatable bonds is 4. The van der Waals surface area contributed by atoms with E-state index in [0.29, 0.717) is 17.1 Å². The highest BCUT2D eigenvalue weighted by Gasteiger charge is 2.15. The molecule has 5 N–H and O–H groups in total. The van der Waals surface area contributed by atoms with Gasteiger partial charge in [0.25, 0.3) is 5.91 Å². The van der Waals surface area contributed by atoms with E-state index < -0.39 is 0 Å². The van der Waals surface area contributed by atoms with E-state index in [1.807, 2.05) is 6.92 Å². The average Bonchev–Trinajstić information content (AvgIpc) is 2.92. The number of nitrogens with one attached hydrogen (secondary N) is 3. The van der Waals surface area contributed by atoms with E-state index in [-0.39, 0.29) is 11.9 Å². The maximum Gasteiger partial charge on any atom is 0.254 e. The van der Waals surface area contributed by atoms with Gasteiger partial charge in [-0.3, -0.25) is 15.7 Å². The van der Waals surface area contributed by atoms with Crippen LogP contribution in [-0.4, -0.2) is 21.1 Å². The molecule has 1 aromatic heterocycles. The van der Waals surface area contributed by atoms with Crippen LogP contribution < -0.4 is 16.6 Å². The molecule has 7 nitrogen and oxygen atoms in total. The molecule has 0 aliphatic rings. The highest BCUT2D eigenvalue weighted by atomic mass is 16.1. The molecule has 1 unspecified atom stereocenters. The third kappa shape index (κ3) is 2.46. The molecule has 0 spiro atoms. The molecule has 1 heterocycles. The number of nitrogen functional groups attached to an aromatic ring is 1. The van der Waals surface area contributed by atoms with Gasteiger partial charge in [0.15, 0.2) is 0 Å². The molecule has 0 aliphatic carbocycles. The number of hydrazine groups is 1. The minimum Gasteiger partial charge on any atom is -0.342 e. The number of para-hydroxylation sites is 1. The van der Waals surface area contributed by atoms with Gasteiger partial charge in [-0.05, 0) is 19.1 Å². The summed E-state index contributed by atoms with van der Waals surface area (Å²) in [4.78, 5) is 16.0. The summed E-state index contributed by atoms with van der Waals surface area (Å²) in [7, 11) is 0. The summed E-state index contributed by atoms with van der Waals surface area (Å²) in [5.74, 6) is 5.72. The molecule has 0 aliphatic heterocycles. The molecule has 0 saturated heterocycles. The Labute approximate surface area is 104 Å². The number of benzene rings is 1. The highest BCUT2D eigenvalue weighted by molar-refractivity contribution is 5.99. The van der Waals surface area contributed by atoms with Gasteiger partial charge in [-0.25, -0.2) is 4.98 Å². The summed E-state index contributed by atoms with van der Waals surface area (Å²) >= 11 is 0. The Bertz CT molecular complexity index is 524. The second-order valence-electron chi connectivity index (χ2n) is 3.76. The number of nitrogens with two attached hydrogens (primary N) is 1. The van der Waals surface area contributed by atoms with Crippen molar-refractivity contribution in [2.45, 2.75) is 13.0 Å². The standard InChI is InChI=1S/C11H14N6O/c1-7(10-13-6-14-17-10)15-11(18)8-4-2-3-5-9(8)16-12/h2-7,16H,12H2,1H3,(H,15,18)(H,13,14,17). The van der Waals surface area contributed by atoms with Crippen LogP contribution in [0.3, 0.4) is 0 Å². The first-order valence-electron chi connectivity index (χ1n) is 5.44. The largest absolute Gasteiger partial charge is 0.342 e. The number of hydrogen-bond donors (Lipinski definition) is 4. The van der Waals surface area contributed by atoms with Crippen molar-refractivity contribution in [2.24, 2.45) is 5.84 Å². The van der Waals surface area contributed by atoms with Crippen LogP contribution in [-0.2, 0) is 0 Å². The normalized spacial score (nSPS) is 11.9. The molecule has 7 heteroatoms. The highest BCUT2D eigenvalue weighted by Crippen LogP contribution is 2.15. The van der Waals surface area contributed by atoms with Crippen molar-refractivity contribution in [3.05, 3.63) is 42.0 Å². The fraction of sp³-hybridized carbons (Fsp3) is 0.182. The van der Waals surface area contributed by atoms with E-state index in [2.05, 4.69) is 25.9 Å². The predicted molar refractivity (Wildman–Crippen MR) is 66.5 cm³/mol. The fourth-order valence-corrected chi connectivity index (χ4v) is 1.57. The van der Waals surface area contributed by atoms with Gasteiger partial charge in [0.05, 0.1) is 17.3 Å². The summed E-state index contributed by atoms with van der Waals surface area (Å²) in [5.41, 5.74) is 3.54. The van der Waals surface area contributed by atoms with Gasteiger partial charge in [-0.1, -0.05) is 12.1 Å². The predicted octanol–water partition coefficient (Wildman–Crippen LogP) is 0.581. The summed E-state index contributed by atoms with van der Waals surface area (Å²) in [6.07, 6.45) is 1.40. The third-order valence-corrected chi connectivity index (χ3v) is 2.52. The molecule has 0 saturated carbocycles. The van der Waals surface area contributed by atoms with Crippen molar-refractivity contribution in [1.82, 2.24) is 20.5 Å². The number of amides is 1. The zero-order valence-electron chi connectivity index (χ0n) is 9.84. The lowest BCUT2D eigenvalue weighted by atomic mass is 10.1. The van der Waals surface area contributed by atoms with Crippen molar-refractivity contribution >= 4 is 11.6 Å². The molecule has 0 bridgehead atoms. The number of carbonyl (C=O) groups is 1. The molecule has 1 amide bonds. The number of H-pyrrole nitrogens is 1. The molecule has 1 aromatic carbocycles. The number of hydrogen-bond acceptors (Lipinski definition) is 5. The molecule has 1 atom stereocenters. The number of aromatic amines is 1. The fourth-order valence-electron chi connectivity index (χ4n) is 1.57. The Morgan fingerprint density at radius 1 is 1.44 bits per heavy atom. The van der Waals surface area contributed by atoms with Crippen molar-refractivity contribution in [1.29, 1.82) is 0 Å². The van der Waals surface area contributed by atoms with Crippen LogP contribution in [0.2, 0.25) is 0 Å². The summed E-state index contributed by atoms with van der Waals surface area (Å²) in [6.45, 7) is 1.82. The lowest BCUT2D eigenvalue weighted by Crippen LogP contribution is -2.28. The number of carbonyl (C=O) groups excluding carboxylic acids is 1. The minimum atomic E-state index is -0.258. The SMILES string of the molecule is CC(NC(=O)c1ccccc1NN)c1ncn[nH]1. The van der Waals surface area contributed by atoms with Gasteiger partial charge in [-0.15, -0.1) is 0 Å². The number of anilines is 1. The van der Waals surface area contributed by atoms with Crippen LogP contribution in [0, 0.1) is 0 Å². The van der Waals surface area contributed by atoms with Crippen molar-refractivity contribution in [2.75, 3.05) is 5.43 Å². The smallest absolute Gasteiger partial charge is 0.254 e. The summed E-state index contributed by atoms with van der Waals surface area (Å²) in [5, 5.41) is 9.25. The lowest BCUT2D eigenvalue weighted by molar-refractivity contribution is 0.0939. The lowest BCUT2D eigenvalue weighted by Gasteiger charge is -2.13. The Balaban J connectivity index is 2.12. The van der Waals surface area contributed by atoms with Crippen molar-refractivity contribution < 1.29 is 4.79 Å². The quantitative estimate of drug-likeness (QED) is 0.466. The first-order valence-corrected chi connectivity index (χ1v) is 5.44. The molecule has 2 aromatic rings.